The van der Waals surface area contributed by atoms with Crippen molar-refractivity contribution in [2.45, 2.75) is 63.2 Å². The highest BCUT2D eigenvalue weighted by Gasteiger charge is 2.29. The van der Waals surface area contributed by atoms with Crippen molar-refractivity contribution < 1.29 is 39.0 Å². The van der Waals surface area contributed by atoms with E-state index >= 15 is 0 Å². The number of aliphatic carboxylic acids is 2. The van der Waals surface area contributed by atoms with E-state index in [2.05, 4.69) is 16.0 Å². The number of nitrogens with one attached hydrogen (secondary N) is 3. The third-order valence-corrected chi connectivity index (χ3v) is 4.96. The van der Waals surface area contributed by atoms with Crippen LogP contribution in [0.15, 0.2) is 30.3 Å². The van der Waals surface area contributed by atoms with Crippen LogP contribution in [-0.2, 0) is 35.2 Å². The Balaban J connectivity index is 2.78. The molecule has 192 valence electrons. The zero-order valence-corrected chi connectivity index (χ0v) is 19.2. The van der Waals surface area contributed by atoms with Crippen molar-refractivity contribution in [2.24, 2.45) is 11.5 Å². The number of nitrogens with two attached hydrogens (primary N) is 2. The largest absolute Gasteiger partial charge is 0.481 e. The molecule has 4 amide bonds. The fraction of sp³-hybridized carbons (Fsp3) is 0.455. The molecule has 0 heterocycles. The third-order valence-electron chi connectivity index (χ3n) is 4.96. The van der Waals surface area contributed by atoms with Crippen molar-refractivity contribution in [1.82, 2.24) is 16.0 Å². The minimum atomic E-state index is -1.53. The molecule has 0 bridgehead atoms. The second-order valence-electron chi connectivity index (χ2n) is 7.92. The Morgan fingerprint density at radius 3 is 1.94 bits per heavy atom. The summed E-state index contributed by atoms with van der Waals surface area (Å²) in [7, 11) is 0. The van der Waals surface area contributed by atoms with Crippen molar-refractivity contribution in [1.29, 1.82) is 0 Å². The maximum absolute atomic E-state index is 12.6. The molecule has 13 heteroatoms. The van der Waals surface area contributed by atoms with Gasteiger partial charge in [0.1, 0.15) is 18.1 Å². The summed E-state index contributed by atoms with van der Waals surface area (Å²) in [5, 5.41) is 24.9. The Bertz CT molecular complexity index is 924. The number of carboxylic acids is 2. The van der Waals surface area contributed by atoms with E-state index < -0.39 is 72.6 Å². The van der Waals surface area contributed by atoms with E-state index in [1.54, 1.807) is 24.3 Å². The van der Waals surface area contributed by atoms with E-state index in [0.29, 0.717) is 0 Å². The minimum Gasteiger partial charge on any atom is -0.481 e. The Morgan fingerprint density at radius 1 is 0.829 bits per heavy atom. The monoisotopic (exact) mass is 493 g/mol. The number of amides is 4. The number of hydrogen-bond donors (Lipinski definition) is 7. The summed E-state index contributed by atoms with van der Waals surface area (Å²) in [6, 6.07) is 4.06. The van der Waals surface area contributed by atoms with Crippen LogP contribution in [0, 0.1) is 0 Å². The molecule has 0 radical (unpaired) electrons. The number of rotatable bonds is 15. The minimum absolute atomic E-state index is 0.234. The van der Waals surface area contributed by atoms with Gasteiger partial charge in [-0.05, 0) is 31.7 Å². The van der Waals surface area contributed by atoms with Crippen molar-refractivity contribution in [3.8, 4) is 0 Å². The lowest BCUT2D eigenvalue weighted by Gasteiger charge is -2.23. The summed E-state index contributed by atoms with van der Waals surface area (Å²) in [5.41, 5.74) is 11.8. The molecular weight excluding hydrogens is 462 g/mol. The Hall–Kier alpha value is -4.00. The zero-order chi connectivity index (χ0) is 26.5. The van der Waals surface area contributed by atoms with E-state index in [9.17, 15) is 33.9 Å². The summed E-state index contributed by atoms with van der Waals surface area (Å²) in [6.45, 7) is 1.36. The van der Waals surface area contributed by atoms with E-state index in [1.165, 1.54) is 6.92 Å². The summed E-state index contributed by atoms with van der Waals surface area (Å²) in [4.78, 5) is 70.8. The molecule has 1 aromatic rings. The van der Waals surface area contributed by atoms with Crippen LogP contribution in [0.4, 0.5) is 0 Å². The van der Waals surface area contributed by atoms with Crippen LogP contribution in [0.2, 0.25) is 0 Å². The number of primary amides is 1. The smallest absolute Gasteiger partial charge is 0.326 e. The summed E-state index contributed by atoms with van der Waals surface area (Å²) in [6.07, 6.45) is -1.21. The molecule has 0 saturated carbocycles. The average molecular weight is 494 g/mol. The lowest BCUT2D eigenvalue weighted by atomic mass is 10.1. The van der Waals surface area contributed by atoms with Gasteiger partial charge in [-0.15, -0.1) is 0 Å². The molecule has 0 fully saturated rings. The first-order chi connectivity index (χ1) is 16.4. The molecule has 1 rings (SSSR count). The Kier molecular flexibility index (Phi) is 11.9. The fourth-order valence-electron chi connectivity index (χ4n) is 3.00. The fourth-order valence-corrected chi connectivity index (χ4v) is 3.00. The molecular formula is C22H31N5O8. The quantitative estimate of drug-likeness (QED) is 0.146. The highest BCUT2D eigenvalue weighted by molar-refractivity contribution is 5.94. The Morgan fingerprint density at radius 2 is 1.40 bits per heavy atom. The maximum atomic E-state index is 12.6. The van der Waals surface area contributed by atoms with Crippen molar-refractivity contribution in [3.63, 3.8) is 0 Å². The Labute approximate surface area is 201 Å². The van der Waals surface area contributed by atoms with Crippen LogP contribution in [0.3, 0.4) is 0 Å². The highest BCUT2D eigenvalue weighted by Crippen LogP contribution is 2.05. The van der Waals surface area contributed by atoms with Gasteiger partial charge in [-0.1, -0.05) is 30.3 Å². The average Bonchev–Trinajstić information content (AvgIpc) is 2.78. The molecule has 0 aromatic heterocycles. The first-order valence-electron chi connectivity index (χ1n) is 10.8. The van der Waals surface area contributed by atoms with Crippen LogP contribution >= 0.6 is 0 Å². The molecule has 0 saturated heterocycles. The number of carboxylic acid groups (broad SMARTS) is 2. The SMILES string of the molecule is CC(NC(=O)C(N)Cc1ccccc1)C(=O)NC(CCC(N)=O)C(=O)NC(CCC(=O)O)C(=O)O. The standard InChI is InChI=1S/C22H31N5O8/c1-12(25-20(32)14(23)11-13-5-3-2-4-6-13)19(31)26-15(7-9-17(24)28)21(33)27-16(22(34)35)8-10-18(29)30/h2-6,12,14-16H,7-11,23H2,1H3,(H2,24,28)(H,25,32)(H,26,31)(H,27,33)(H,29,30)(H,34,35). The van der Waals surface area contributed by atoms with Gasteiger partial charge in [0.2, 0.25) is 23.6 Å². The van der Waals surface area contributed by atoms with Crippen molar-refractivity contribution >= 4 is 35.6 Å². The van der Waals surface area contributed by atoms with Gasteiger partial charge in [0.05, 0.1) is 6.04 Å². The summed E-state index contributed by atoms with van der Waals surface area (Å²) >= 11 is 0. The van der Waals surface area contributed by atoms with Gasteiger partial charge < -0.3 is 37.6 Å². The van der Waals surface area contributed by atoms with E-state index in [4.69, 9.17) is 16.6 Å². The van der Waals surface area contributed by atoms with Crippen LogP contribution in [0.1, 0.15) is 38.2 Å². The highest BCUT2D eigenvalue weighted by atomic mass is 16.4. The molecule has 9 N–H and O–H groups in total. The predicted molar refractivity (Wildman–Crippen MR) is 123 cm³/mol. The molecule has 0 aliphatic heterocycles. The van der Waals surface area contributed by atoms with Gasteiger partial charge >= 0.3 is 11.9 Å². The molecule has 0 aliphatic carbocycles. The third kappa shape index (κ3) is 11.1. The normalized spacial score (nSPS) is 14.0. The first-order valence-corrected chi connectivity index (χ1v) is 10.8. The van der Waals surface area contributed by atoms with Gasteiger partial charge in [-0.3, -0.25) is 24.0 Å². The van der Waals surface area contributed by atoms with Gasteiger partial charge in [-0.25, -0.2) is 4.79 Å². The van der Waals surface area contributed by atoms with Crippen molar-refractivity contribution in [2.75, 3.05) is 0 Å². The van der Waals surface area contributed by atoms with Crippen molar-refractivity contribution in [3.05, 3.63) is 35.9 Å². The maximum Gasteiger partial charge on any atom is 0.326 e. The number of carbonyl (C=O) groups excluding carboxylic acids is 4. The van der Waals surface area contributed by atoms with Crippen LogP contribution in [0.5, 0.6) is 0 Å². The molecule has 4 unspecified atom stereocenters. The molecule has 4 atom stereocenters. The lowest BCUT2D eigenvalue weighted by Crippen LogP contribution is -2.56. The van der Waals surface area contributed by atoms with Crippen LogP contribution in [0.25, 0.3) is 0 Å². The number of hydrogen-bond acceptors (Lipinski definition) is 7. The second-order valence-corrected chi connectivity index (χ2v) is 7.92. The van der Waals surface area contributed by atoms with Crippen LogP contribution < -0.4 is 27.4 Å². The number of benzene rings is 1. The topological polar surface area (TPSA) is 231 Å². The first kappa shape index (κ1) is 29.0. The molecule has 13 nitrogen and oxygen atoms in total. The van der Waals surface area contributed by atoms with E-state index in [1.807, 2.05) is 6.07 Å². The summed E-state index contributed by atoms with van der Waals surface area (Å²) in [5.74, 6) is -5.81. The molecule has 0 aliphatic rings. The zero-order valence-electron chi connectivity index (χ0n) is 19.2. The van der Waals surface area contributed by atoms with Gasteiger partial charge in [-0.2, -0.15) is 0 Å². The number of carbonyl (C=O) groups is 6. The van der Waals surface area contributed by atoms with Gasteiger partial charge in [0.25, 0.3) is 0 Å². The summed E-state index contributed by atoms with van der Waals surface area (Å²) < 4.78 is 0. The molecule has 35 heavy (non-hydrogen) atoms. The van der Waals surface area contributed by atoms with E-state index in [0.717, 1.165) is 5.56 Å². The predicted octanol–water partition coefficient (Wildman–Crippen LogP) is -1.75. The molecule has 1 aromatic carbocycles. The van der Waals surface area contributed by atoms with Gasteiger partial charge in [0, 0.05) is 12.8 Å². The molecule has 0 spiro atoms. The van der Waals surface area contributed by atoms with Crippen LogP contribution in [-0.4, -0.2) is 69.9 Å². The lowest BCUT2D eigenvalue weighted by molar-refractivity contribution is -0.143. The second kappa shape index (κ2) is 14.3. The van der Waals surface area contributed by atoms with E-state index in [-0.39, 0.29) is 19.3 Å². The van der Waals surface area contributed by atoms with Gasteiger partial charge in [0.15, 0.2) is 0 Å².